The van der Waals surface area contributed by atoms with Gasteiger partial charge in [0.25, 0.3) is 5.56 Å². The van der Waals surface area contributed by atoms with Crippen LogP contribution in [0.2, 0.25) is 5.02 Å². The van der Waals surface area contributed by atoms with Gasteiger partial charge in [-0.05, 0) is 55.0 Å². The van der Waals surface area contributed by atoms with Gasteiger partial charge in [0.15, 0.2) is 5.65 Å². The largest absolute Gasteiger partial charge is 0.437 e. The van der Waals surface area contributed by atoms with Crippen LogP contribution in [-0.2, 0) is 6.54 Å². The van der Waals surface area contributed by atoms with Crippen LogP contribution < -0.4 is 11.3 Å². The molecule has 3 aromatic heterocycles. The highest BCUT2D eigenvalue weighted by molar-refractivity contribution is 6.30. The van der Waals surface area contributed by atoms with Gasteiger partial charge in [-0.3, -0.25) is 9.36 Å². The molecule has 3 heterocycles. The second-order valence-corrected chi connectivity index (χ2v) is 8.33. The summed E-state index contributed by atoms with van der Waals surface area (Å²) >= 11 is 5.94. The van der Waals surface area contributed by atoms with Crippen molar-refractivity contribution in [2.24, 2.45) is 0 Å². The van der Waals surface area contributed by atoms with Gasteiger partial charge in [0.1, 0.15) is 24.6 Å². The van der Waals surface area contributed by atoms with Crippen LogP contribution >= 0.6 is 11.6 Å². The summed E-state index contributed by atoms with van der Waals surface area (Å²) < 4.78 is 7.97. The first-order valence-electron chi connectivity index (χ1n) is 10.0. The third kappa shape index (κ3) is 3.48. The molecule has 1 saturated carbocycles. The van der Waals surface area contributed by atoms with E-state index in [1.807, 2.05) is 30.3 Å². The van der Waals surface area contributed by atoms with Gasteiger partial charge >= 0.3 is 5.76 Å². The Balaban J connectivity index is 1.37. The molecule has 1 aliphatic carbocycles. The molecule has 0 bridgehead atoms. The molecule has 160 valence electrons. The molecule has 0 aliphatic heterocycles. The fourth-order valence-corrected chi connectivity index (χ4v) is 4.19. The minimum Gasteiger partial charge on any atom is -0.390 e. The van der Waals surface area contributed by atoms with Gasteiger partial charge in [0.2, 0.25) is 5.89 Å². The molecule has 10 heteroatoms. The van der Waals surface area contributed by atoms with Gasteiger partial charge in [-0.1, -0.05) is 23.7 Å². The monoisotopic (exact) mass is 448 g/mol. The van der Waals surface area contributed by atoms with Gasteiger partial charge in [0.05, 0.1) is 11.4 Å². The predicted molar refractivity (Wildman–Crippen MR) is 116 cm³/mol. The van der Waals surface area contributed by atoms with Crippen LogP contribution in [0.1, 0.15) is 47.5 Å². The van der Waals surface area contributed by atoms with Gasteiger partial charge in [-0.15, -0.1) is 5.10 Å². The number of nitriles is 1. The molecule has 0 radical (unpaired) electrons. The minimum atomic E-state index is -0.544. The SMILES string of the molecule is Cc1cc(C#N)nc2ncn(Cc3nn(C4CC(c5ccc(Cl)cc5)C4)c(=O)o3)c(=O)c12. The van der Waals surface area contributed by atoms with Crippen LogP contribution in [0.4, 0.5) is 0 Å². The molecular formula is C22H17ClN6O3. The smallest absolute Gasteiger partial charge is 0.390 e. The van der Waals surface area contributed by atoms with E-state index in [1.54, 1.807) is 6.92 Å². The van der Waals surface area contributed by atoms with Crippen molar-refractivity contribution in [3.05, 3.63) is 85.3 Å². The van der Waals surface area contributed by atoms with Gasteiger partial charge in [0, 0.05) is 5.02 Å². The van der Waals surface area contributed by atoms with Gasteiger partial charge in [-0.25, -0.2) is 14.8 Å². The number of hydrogen-bond donors (Lipinski definition) is 0. The maximum absolute atomic E-state index is 12.9. The van der Waals surface area contributed by atoms with E-state index in [0.717, 1.165) is 12.8 Å². The second kappa shape index (κ2) is 7.73. The first-order valence-corrected chi connectivity index (χ1v) is 10.4. The summed E-state index contributed by atoms with van der Waals surface area (Å²) in [4.78, 5) is 33.5. The van der Waals surface area contributed by atoms with Crippen LogP contribution in [0, 0.1) is 18.3 Å². The molecule has 5 rings (SSSR count). The van der Waals surface area contributed by atoms with E-state index in [4.69, 9.17) is 21.3 Å². The molecule has 0 spiro atoms. The third-order valence-corrected chi connectivity index (χ3v) is 6.08. The number of fused-ring (bicyclic) bond motifs is 1. The fourth-order valence-electron chi connectivity index (χ4n) is 4.07. The van der Waals surface area contributed by atoms with Crippen LogP contribution in [-0.4, -0.2) is 24.3 Å². The lowest BCUT2D eigenvalue weighted by Gasteiger charge is -2.34. The number of benzene rings is 1. The van der Waals surface area contributed by atoms with Crippen molar-refractivity contribution >= 4 is 22.6 Å². The number of aromatic nitrogens is 5. The number of hydrogen-bond acceptors (Lipinski definition) is 7. The van der Waals surface area contributed by atoms with Crippen LogP contribution in [0.15, 0.2) is 50.7 Å². The molecule has 0 unspecified atom stereocenters. The summed E-state index contributed by atoms with van der Waals surface area (Å²) in [5.74, 6) is -0.0734. The summed E-state index contributed by atoms with van der Waals surface area (Å²) in [6.07, 6.45) is 2.87. The average molecular weight is 449 g/mol. The van der Waals surface area contributed by atoms with E-state index < -0.39 is 5.76 Å². The minimum absolute atomic E-state index is 0.0310. The first kappa shape index (κ1) is 20.2. The van der Waals surface area contributed by atoms with Crippen molar-refractivity contribution < 1.29 is 4.42 Å². The average Bonchev–Trinajstić information content (AvgIpc) is 3.09. The number of aryl methyl sites for hydroxylation is 1. The quantitative estimate of drug-likeness (QED) is 0.470. The summed E-state index contributed by atoms with van der Waals surface area (Å²) in [6, 6.07) is 11.1. The molecule has 32 heavy (non-hydrogen) atoms. The molecule has 0 N–H and O–H groups in total. The van der Waals surface area contributed by atoms with Gasteiger partial charge in [-0.2, -0.15) is 9.94 Å². The van der Waals surface area contributed by atoms with Crippen molar-refractivity contribution in [1.29, 1.82) is 5.26 Å². The van der Waals surface area contributed by atoms with Crippen molar-refractivity contribution in [2.45, 2.75) is 38.3 Å². The number of halogens is 1. The van der Waals surface area contributed by atoms with Crippen molar-refractivity contribution in [3.8, 4) is 6.07 Å². The Kier molecular flexibility index (Phi) is 4.87. The number of rotatable bonds is 4. The van der Waals surface area contributed by atoms with Crippen LogP contribution in [0.5, 0.6) is 0 Å². The van der Waals surface area contributed by atoms with Crippen LogP contribution in [0.3, 0.4) is 0 Å². The summed E-state index contributed by atoms with van der Waals surface area (Å²) in [7, 11) is 0. The zero-order chi connectivity index (χ0) is 22.4. The predicted octanol–water partition coefficient (Wildman–Crippen LogP) is 2.94. The van der Waals surface area contributed by atoms with E-state index in [2.05, 4.69) is 15.1 Å². The Hall–Kier alpha value is -3.77. The lowest BCUT2D eigenvalue weighted by atomic mass is 9.76. The standard InChI is InChI=1S/C22H17ClN6O3/c1-12-6-16(9-24)26-20-19(12)21(30)28(11-25-20)10-18-27-29(22(31)32-18)17-7-14(8-17)13-2-4-15(23)5-3-13/h2-6,11,14,17H,7-8,10H2,1H3. The van der Waals surface area contributed by atoms with Crippen molar-refractivity contribution in [2.75, 3.05) is 0 Å². The zero-order valence-electron chi connectivity index (χ0n) is 17.0. The van der Waals surface area contributed by atoms with Crippen molar-refractivity contribution in [1.82, 2.24) is 24.3 Å². The Morgan fingerprint density at radius 3 is 2.72 bits per heavy atom. The molecule has 9 nitrogen and oxygen atoms in total. The molecule has 1 aliphatic rings. The fraction of sp³-hybridized carbons (Fsp3) is 0.273. The molecule has 0 atom stereocenters. The van der Waals surface area contributed by atoms with E-state index in [-0.39, 0.29) is 35.4 Å². The summed E-state index contributed by atoms with van der Waals surface area (Å²) in [6.45, 7) is 1.69. The molecule has 0 amide bonds. The maximum atomic E-state index is 12.9. The van der Waals surface area contributed by atoms with E-state index >= 15 is 0 Å². The number of nitrogens with zero attached hydrogens (tertiary/aromatic N) is 6. The lowest BCUT2D eigenvalue weighted by molar-refractivity contribution is 0.233. The molecule has 1 fully saturated rings. The topological polar surface area (TPSA) is 120 Å². The van der Waals surface area contributed by atoms with E-state index in [1.165, 1.54) is 27.2 Å². The maximum Gasteiger partial charge on any atom is 0.437 e. The molecule has 4 aromatic rings. The van der Waals surface area contributed by atoms with E-state index in [0.29, 0.717) is 21.9 Å². The summed E-state index contributed by atoms with van der Waals surface area (Å²) in [5.41, 5.74) is 1.85. The molecular weight excluding hydrogens is 432 g/mol. The Labute approximate surface area is 186 Å². The molecule has 0 saturated heterocycles. The highest BCUT2D eigenvalue weighted by Crippen LogP contribution is 2.43. The third-order valence-electron chi connectivity index (χ3n) is 5.82. The van der Waals surface area contributed by atoms with Gasteiger partial charge < -0.3 is 4.42 Å². The highest BCUT2D eigenvalue weighted by atomic mass is 35.5. The van der Waals surface area contributed by atoms with E-state index in [9.17, 15) is 9.59 Å². The first-order chi connectivity index (χ1) is 15.4. The molecule has 1 aromatic carbocycles. The Morgan fingerprint density at radius 2 is 2.00 bits per heavy atom. The zero-order valence-corrected chi connectivity index (χ0v) is 17.8. The Morgan fingerprint density at radius 1 is 1.25 bits per heavy atom. The number of pyridine rings is 1. The second-order valence-electron chi connectivity index (χ2n) is 7.89. The van der Waals surface area contributed by atoms with Crippen molar-refractivity contribution in [3.63, 3.8) is 0 Å². The lowest BCUT2D eigenvalue weighted by Crippen LogP contribution is -2.31. The Bertz CT molecular complexity index is 1490. The van der Waals surface area contributed by atoms with Crippen LogP contribution in [0.25, 0.3) is 11.0 Å². The summed E-state index contributed by atoms with van der Waals surface area (Å²) in [5, 5.41) is 14.4. The normalized spacial score (nSPS) is 17.8. The highest BCUT2D eigenvalue weighted by Gasteiger charge is 2.34.